The van der Waals surface area contributed by atoms with Crippen LogP contribution in [0.4, 0.5) is 4.39 Å². The van der Waals surface area contributed by atoms with Gasteiger partial charge in [-0.2, -0.15) is 0 Å². The summed E-state index contributed by atoms with van der Waals surface area (Å²) < 4.78 is 14.5. The summed E-state index contributed by atoms with van der Waals surface area (Å²) in [7, 11) is 0. The van der Waals surface area contributed by atoms with Gasteiger partial charge in [0.1, 0.15) is 5.82 Å². The second kappa shape index (κ2) is 7.03. The lowest BCUT2D eigenvalue weighted by molar-refractivity contribution is 0.615. The van der Waals surface area contributed by atoms with Crippen molar-refractivity contribution in [1.82, 2.24) is 10.3 Å². The number of nitrogens with one attached hydrogen (secondary N) is 1. The molecule has 2 aromatic rings. The Morgan fingerprint density at radius 3 is 2.89 bits per heavy atom. The van der Waals surface area contributed by atoms with Gasteiger partial charge in [-0.1, -0.05) is 18.7 Å². The Morgan fingerprint density at radius 2 is 2.21 bits per heavy atom. The Labute approximate surface area is 121 Å². The predicted octanol–water partition coefficient (Wildman–Crippen LogP) is 4.24. The second-order valence-electron chi connectivity index (χ2n) is 4.33. The maximum atomic E-state index is 13.6. The molecule has 1 aromatic carbocycles. The maximum Gasteiger partial charge on any atom is 0.154 e. The van der Waals surface area contributed by atoms with E-state index in [0.717, 1.165) is 33.5 Å². The molecule has 19 heavy (non-hydrogen) atoms. The summed E-state index contributed by atoms with van der Waals surface area (Å²) in [4.78, 5) is 5.29. The monoisotopic (exact) mass is 296 g/mol. The molecular weight excluding hydrogens is 279 g/mol. The van der Waals surface area contributed by atoms with Gasteiger partial charge in [-0.15, -0.1) is 11.3 Å². The van der Waals surface area contributed by atoms with E-state index in [0.29, 0.717) is 6.54 Å². The third-order valence-corrected chi connectivity index (χ3v) is 4.52. The molecule has 1 N–H and O–H groups in total. The number of aryl methyl sites for hydroxylation is 1. The minimum atomic E-state index is -0.188. The van der Waals surface area contributed by atoms with E-state index in [1.165, 1.54) is 11.8 Å². The van der Waals surface area contributed by atoms with E-state index in [9.17, 15) is 4.39 Å². The number of thiazole rings is 1. The molecular formula is C14H17FN2S2. The Bertz CT molecular complexity index is 540. The van der Waals surface area contributed by atoms with Crippen molar-refractivity contribution in [3.8, 4) is 0 Å². The molecule has 2 nitrogen and oxygen atoms in total. The van der Waals surface area contributed by atoms with Gasteiger partial charge in [0.15, 0.2) is 4.34 Å². The first-order chi connectivity index (χ1) is 9.17. The smallest absolute Gasteiger partial charge is 0.154 e. The molecule has 1 aromatic heterocycles. The van der Waals surface area contributed by atoms with Crippen LogP contribution >= 0.6 is 23.1 Å². The van der Waals surface area contributed by atoms with E-state index in [1.54, 1.807) is 23.5 Å². The molecule has 0 saturated heterocycles. The zero-order valence-electron chi connectivity index (χ0n) is 11.1. The first kappa shape index (κ1) is 14.5. The fourth-order valence-corrected chi connectivity index (χ4v) is 3.59. The molecule has 5 heteroatoms. The highest BCUT2D eigenvalue weighted by Crippen LogP contribution is 2.31. The molecule has 0 saturated carbocycles. The van der Waals surface area contributed by atoms with Crippen LogP contribution in [0.25, 0.3) is 0 Å². The number of aromatic nitrogens is 1. The number of hydrogen-bond donors (Lipinski definition) is 1. The Hall–Kier alpha value is -0.910. The lowest BCUT2D eigenvalue weighted by Gasteiger charge is -2.06. The van der Waals surface area contributed by atoms with Crippen LogP contribution in [-0.4, -0.2) is 11.5 Å². The van der Waals surface area contributed by atoms with Crippen LogP contribution in [0, 0.1) is 12.7 Å². The van der Waals surface area contributed by atoms with E-state index in [-0.39, 0.29) is 5.82 Å². The lowest BCUT2D eigenvalue weighted by atomic mass is 10.2. The molecule has 0 aliphatic rings. The van der Waals surface area contributed by atoms with Crippen molar-refractivity contribution in [2.24, 2.45) is 0 Å². The van der Waals surface area contributed by atoms with Crippen LogP contribution in [0.5, 0.6) is 0 Å². The van der Waals surface area contributed by atoms with E-state index >= 15 is 0 Å². The Morgan fingerprint density at radius 1 is 1.37 bits per heavy atom. The third-order valence-electron chi connectivity index (χ3n) is 2.49. The fraction of sp³-hybridized carbons (Fsp3) is 0.357. The molecule has 1 heterocycles. The van der Waals surface area contributed by atoms with Gasteiger partial charge < -0.3 is 5.32 Å². The molecule has 0 amide bonds. The number of nitrogens with zero attached hydrogens (tertiary/aromatic N) is 1. The molecule has 0 atom stereocenters. The highest BCUT2D eigenvalue weighted by molar-refractivity contribution is 8.01. The van der Waals surface area contributed by atoms with Crippen molar-refractivity contribution in [1.29, 1.82) is 0 Å². The van der Waals surface area contributed by atoms with Crippen LogP contribution in [0.3, 0.4) is 0 Å². The summed E-state index contributed by atoms with van der Waals surface area (Å²) in [5.41, 5.74) is 1.98. The van der Waals surface area contributed by atoms with Crippen LogP contribution < -0.4 is 5.32 Å². The van der Waals surface area contributed by atoms with Crippen molar-refractivity contribution in [2.75, 3.05) is 6.54 Å². The molecule has 102 valence electrons. The molecule has 0 bridgehead atoms. The highest BCUT2D eigenvalue weighted by Gasteiger charge is 2.05. The van der Waals surface area contributed by atoms with Crippen LogP contribution in [0.2, 0.25) is 0 Å². The zero-order chi connectivity index (χ0) is 13.7. The molecule has 0 aliphatic heterocycles. The zero-order valence-corrected chi connectivity index (χ0v) is 12.7. The van der Waals surface area contributed by atoms with E-state index in [2.05, 4.69) is 17.2 Å². The van der Waals surface area contributed by atoms with Gasteiger partial charge in [0, 0.05) is 22.5 Å². The van der Waals surface area contributed by atoms with Crippen molar-refractivity contribution >= 4 is 23.1 Å². The van der Waals surface area contributed by atoms with Crippen molar-refractivity contribution in [2.45, 2.75) is 36.0 Å². The Kier molecular flexibility index (Phi) is 5.36. The largest absolute Gasteiger partial charge is 0.313 e. The normalized spacial score (nSPS) is 10.9. The first-order valence-corrected chi connectivity index (χ1v) is 7.97. The predicted molar refractivity (Wildman–Crippen MR) is 79.4 cm³/mol. The standard InChI is InChI=1S/C14H17FN2S2/c1-3-4-16-8-11-5-12(15)7-13(6-11)19-14-17-10(2)9-18-14/h5-7,9,16H,3-4,8H2,1-2H3. The van der Waals surface area contributed by atoms with Crippen LogP contribution in [0.15, 0.2) is 32.8 Å². The number of benzene rings is 1. The van der Waals surface area contributed by atoms with Crippen molar-refractivity contribution < 1.29 is 4.39 Å². The van der Waals surface area contributed by atoms with Gasteiger partial charge >= 0.3 is 0 Å². The summed E-state index contributed by atoms with van der Waals surface area (Å²) >= 11 is 3.11. The fourth-order valence-electron chi connectivity index (χ4n) is 1.67. The van der Waals surface area contributed by atoms with E-state index in [1.807, 2.05) is 18.4 Å². The Balaban J connectivity index is 2.07. The van der Waals surface area contributed by atoms with Gasteiger partial charge in [0.2, 0.25) is 0 Å². The summed E-state index contributed by atoms with van der Waals surface area (Å²) in [5, 5.41) is 5.29. The molecule has 2 rings (SSSR count). The van der Waals surface area contributed by atoms with E-state index < -0.39 is 0 Å². The summed E-state index contributed by atoms with van der Waals surface area (Å²) in [6, 6.07) is 5.16. The van der Waals surface area contributed by atoms with Crippen molar-refractivity contribution in [3.63, 3.8) is 0 Å². The average molecular weight is 296 g/mol. The topological polar surface area (TPSA) is 24.9 Å². The average Bonchev–Trinajstić information content (AvgIpc) is 2.74. The SMILES string of the molecule is CCCNCc1cc(F)cc(Sc2nc(C)cs2)c1. The molecule has 0 spiro atoms. The maximum absolute atomic E-state index is 13.6. The van der Waals surface area contributed by atoms with Gasteiger partial charge in [0.05, 0.1) is 0 Å². The van der Waals surface area contributed by atoms with E-state index in [4.69, 9.17) is 0 Å². The third kappa shape index (κ3) is 4.60. The number of rotatable bonds is 6. The summed E-state index contributed by atoms with van der Waals surface area (Å²) in [6.45, 7) is 5.73. The second-order valence-corrected chi connectivity index (χ2v) is 6.51. The molecule has 0 aliphatic carbocycles. The van der Waals surface area contributed by atoms with Gasteiger partial charge in [-0.25, -0.2) is 9.37 Å². The quantitative estimate of drug-likeness (QED) is 0.807. The molecule has 0 unspecified atom stereocenters. The minimum absolute atomic E-state index is 0.188. The van der Waals surface area contributed by atoms with Crippen LogP contribution in [0.1, 0.15) is 24.6 Å². The summed E-state index contributed by atoms with van der Waals surface area (Å²) in [6.07, 6.45) is 1.08. The number of halogens is 1. The molecule has 0 radical (unpaired) electrons. The van der Waals surface area contributed by atoms with Gasteiger partial charge in [-0.3, -0.25) is 0 Å². The first-order valence-electron chi connectivity index (χ1n) is 6.27. The highest BCUT2D eigenvalue weighted by atomic mass is 32.2. The van der Waals surface area contributed by atoms with Gasteiger partial charge in [0.25, 0.3) is 0 Å². The summed E-state index contributed by atoms with van der Waals surface area (Å²) in [5.74, 6) is -0.188. The lowest BCUT2D eigenvalue weighted by Crippen LogP contribution is -2.13. The number of hydrogen-bond acceptors (Lipinski definition) is 4. The van der Waals surface area contributed by atoms with Gasteiger partial charge in [-0.05, 0) is 43.7 Å². The molecule has 0 fully saturated rings. The van der Waals surface area contributed by atoms with Crippen LogP contribution in [-0.2, 0) is 6.54 Å². The van der Waals surface area contributed by atoms with Crippen molar-refractivity contribution in [3.05, 3.63) is 40.7 Å². The minimum Gasteiger partial charge on any atom is -0.313 e.